The van der Waals surface area contributed by atoms with Crippen LogP contribution in [0.5, 0.6) is 5.75 Å². The van der Waals surface area contributed by atoms with Crippen molar-refractivity contribution in [3.63, 3.8) is 0 Å². The number of aryl methyl sites for hydroxylation is 1. The Labute approximate surface area is 180 Å². The predicted octanol–water partition coefficient (Wildman–Crippen LogP) is 5.20. The molecule has 0 saturated carbocycles. The minimum absolute atomic E-state index is 0.0746. The molecule has 1 aromatic heterocycles. The topological polar surface area (TPSA) is 54.8 Å². The Morgan fingerprint density at radius 1 is 1.07 bits per heavy atom. The third-order valence-corrected chi connectivity index (χ3v) is 5.63. The molecule has 2 aromatic carbocycles. The lowest BCUT2D eigenvalue weighted by molar-refractivity contribution is -0.121. The number of amides is 1. The zero-order valence-electron chi connectivity index (χ0n) is 16.8. The number of likely N-dealkylation sites (N-methyl/N-ethyl adjacent to an activating group) is 1. The monoisotopic (exact) mass is 415 g/mol. The summed E-state index contributed by atoms with van der Waals surface area (Å²) in [6.45, 7) is 2.59. The Morgan fingerprint density at radius 3 is 2.53 bits per heavy atom. The third kappa shape index (κ3) is 4.78. The molecule has 2 heterocycles. The number of carbonyl (C=O) groups is 1. The van der Waals surface area contributed by atoms with Crippen LogP contribution in [0.3, 0.4) is 0 Å². The number of amidine groups is 1. The normalized spacial score (nSPS) is 16.5. The fraction of sp³-hybridized carbons (Fsp3) is 0.125. The highest BCUT2D eigenvalue weighted by atomic mass is 32.2. The van der Waals surface area contributed by atoms with E-state index < -0.39 is 0 Å². The molecule has 0 N–H and O–H groups in total. The second-order valence-corrected chi connectivity index (χ2v) is 7.91. The highest BCUT2D eigenvalue weighted by Crippen LogP contribution is 2.33. The first-order chi connectivity index (χ1) is 14.6. The van der Waals surface area contributed by atoms with E-state index in [1.807, 2.05) is 48.5 Å². The first-order valence-corrected chi connectivity index (χ1v) is 10.4. The summed E-state index contributed by atoms with van der Waals surface area (Å²) in [5.74, 6) is 1.29. The summed E-state index contributed by atoms with van der Waals surface area (Å²) in [7, 11) is 1.72. The Hall–Kier alpha value is -3.38. The van der Waals surface area contributed by atoms with Crippen LogP contribution in [0, 0.1) is 6.92 Å². The highest BCUT2D eigenvalue weighted by Gasteiger charge is 2.30. The number of hydrogen-bond donors (Lipinski definition) is 0. The van der Waals surface area contributed by atoms with Crippen molar-refractivity contribution >= 4 is 34.7 Å². The predicted molar refractivity (Wildman–Crippen MR) is 122 cm³/mol. The SMILES string of the molecule is Cc1ccc(COc2ccc(/C=C3\S/C(=N/c4ccccn4)N(C)C3=O)cc2)cc1. The van der Waals surface area contributed by atoms with Crippen molar-refractivity contribution < 1.29 is 9.53 Å². The molecule has 0 spiro atoms. The van der Waals surface area contributed by atoms with E-state index in [0.717, 1.165) is 16.9 Å². The van der Waals surface area contributed by atoms with Crippen LogP contribution < -0.4 is 4.74 Å². The maximum Gasteiger partial charge on any atom is 0.266 e. The molecular weight excluding hydrogens is 394 g/mol. The molecule has 0 bridgehead atoms. The number of ether oxygens (including phenoxy) is 1. The molecule has 0 radical (unpaired) electrons. The maximum absolute atomic E-state index is 12.6. The molecule has 30 heavy (non-hydrogen) atoms. The summed E-state index contributed by atoms with van der Waals surface area (Å²) >= 11 is 1.35. The van der Waals surface area contributed by atoms with Gasteiger partial charge in [-0.05, 0) is 60.2 Å². The number of thioether (sulfide) groups is 1. The Balaban J connectivity index is 1.43. The number of hydrogen-bond acceptors (Lipinski definition) is 5. The van der Waals surface area contributed by atoms with Gasteiger partial charge in [0.05, 0.1) is 4.91 Å². The lowest BCUT2D eigenvalue weighted by Crippen LogP contribution is -2.23. The molecule has 5 nitrogen and oxygen atoms in total. The highest BCUT2D eigenvalue weighted by molar-refractivity contribution is 8.18. The van der Waals surface area contributed by atoms with E-state index in [4.69, 9.17) is 4.74 Å². The van der Waals surface area contributed by atoms with Crippen LogP contribution in [0.1, 0.15) is 16.7 Å². The minimum atomic E-state index is -0.0746. The van der Waals surface area contributed by atoms with Crippen LogP contribution >= 0.6 is 11.8 Å². The van der Waals surface area contributed by atoms with Crippen LogP contribution in [-0.4, -0.2) is 28.0 Å². The Bertz CT molecular complexity index is 1090. The molecule has 4 rings (SSSR count). The number of benzene rings is 2. The second kappa shape index (κ2) is 8.97. The molecule has 0 aliphatic carbocycles. The molecule has 1 aliphatic rings. The van der Waals surface area contributed by atoms with E-state index in [1.54, 1.807) is 18.1 Å². The van der Waals surface area contributed by atoms with Crippen LogP contribution in [0.2, 0.25) is 0 Å². The zero-order valence-corrected chi connectivity index (χ0v) is 17.6. The van der Waals surface area contributed by atoms with Crippen molar-refractivity contribution in [3.8, 4) is 5.75 Å². The van der Waals surface area contributed by atoms with E-state index in [9.17, 15) is 4.79 Å². The second-order valence-electron chi connectivity index (χ2n) is 6.90. The van der Waals surface area contributed by atoms with Gasteiger partial charge in [0.2, 0.25) is 0 Å². The van der Waals surface area contributed by atoms with Crippen molar-refractivity contribution in [2.75, 3.05) is 7.05 Å². The third-order valence-electron chi connectivity index (χ3n) is 4.57. The Morgan fingerprint density at radius 2 is 1.83 bits per heavy atom. The molecule has 1 aliphatic heterocycles. The number of aliphatic imine (C=N–C) groups is 1. The molecule has 1 saturated heterocycles. The van der Waals surface area contributed by atoms with E-state index >= 15 is 0 Å². The molecule has 1 amide bonds. The van der Waals surface area contributed by atoms with Gasteiger partial charge in [0.25, 0.3) is 5.91 Å². The first-order valence-electron chi connectivity index (χ1n) is 9.54. The molecule has 0 atom stereocenters. The average Bonchev–Trinajstić information content (AvgIpc) is 3.03. The smallest absolute Gasteiger partial charge is 0.266 e. The van der Waals surface area contributed by atoms with E-state index in [-0.39, 0.29) is 5.91 Å². The molecule has 150 valence electrons. The average molecular weight is 416 g/mol. The van der Waals surface area contributed by atoms with Crippen LogP contribution in [0.25, 0.3) is 6.08 Å². The van der Waals surface area contributed by atoms with Crippen LogP contribution in [0.4, 0.5) is 5.82 Å². The van der Waals surface area contributed by atoms with Gasteiger partial charge in [-0.2, -0.15) is 0 Å². The fourth-order valence-corrected chi connectivity index (χ4v) is 3.81. The number of pyridine rings is 1. The summed E-state index contributed by atoms with van der Waals surface area (Å²) in [4.78, 5) is 23.4. The van der Waals surface area contributed by atoms with Gasteiger partial charge >= 0.3 is 0 Å². The lowest BCUT2D eigenvalue weighted by atomic mass is 10.1. The molecule has 6 heteroatoms. The van der Waals surface area contributed by atoms with Crippen LogP contribution in [-0.2, 0) is 11.4 Å². The quantitative estimate of drug-likeness (QED) is 0.537. The molecular formula is C24H21N3O2S. The number of rotatable bonds is 5. The number of aromatic nitrogens is 1. The first kappa shape index (κ1) is 19.9. The molecule has 0 unspecified atom stereocenters. The van der Waals surface area contributed by atoms with Crippen molar-refractivity contribution in [2.24, 2.45) is 4.99 Å². The lowest BCUT2D eigenvalue weighted by Gasteiger charge is -2.07. The minimum Gasteiger partial charge on any atom is -0.489 e. The molecule has 1 fully saturated rings. The van der Waals surface area contributed by atoms with Gasteiger partial charge in [-0.3, -0.25) is 9.69 Å². The zero-order chi connectivity index (χ0) is 20.9. The summed E-state index contributed by atoms with van der Waals surface area (Å²) in [5.41, 5.74) is 3.29. The number of nitrogens with zero attached hydrogens (tertiary/aromatic N) is 3. The van der Waals surface area contributed by atoms with E-state index in [0.29, 0.717) is 22.5 Å². The van der Waals surface area contributed by atoms with Crippen molar-refractivity contribution in [1.29, 1.82) is 0 Å². The van der Waals surface area contributed by atoms with Crippen molar-refractivity contribution in [3.05, 3.63) is 94.5 Å². The van der Waals surface area contributed by atoms with Crippen LogP contribution in [0.15, 0.2) is 82.8 Å². The van der Waals surface area contributed by atoms with E-state index in [1.165, 1.54) is 17.3 Å². The maximum atomic E-state index is 12.6. The van der Waals surface area contributed by atoms with Gasteiger partial charge < -0.3 is 4.74 Å². The summed E-state index contributed by atoms with van der Waals surface area (Å²) < 4.78 is 5.85. The summed E-state index contributed by atoms with van der Waals surface area (Å²) in [6, 6.07) is 21.5. The van der Waals surface area contributed by atoms with E-state index in [2.05, 4.69) is 41.2 Å². The standard InChI is InChI=1S/C24H21N3O2S/c1-17-6-8-19(9-7-17)16-29-20-12-10-18(11-13-20)15-21-23(28)27(2)24(30-21)26-22-5-3-4-14-25-22/h3-15H,16H2,1-2H3/b21-15-,26-24+. The summed E-state index contributed by atoms with van der Waals surface area (Å²) in [6.07, 6.45) is 3.55. The van der Waals surface area contributed by atoms with Gasteiger partial charge in [0.1, 0.15) is 12.4 Å². The Kier molecular flexibility index (Phi) is 5.95. The number of carbonyl (C=O) groups excluding carboxylic acids is 1. The van der Waals surface area contributed by atoms with Crippen molar-refractivity contribution in [1.82, 2.24) is 9.88 Å². The van der Waals surface area contributed by atoms with Gasteiger partial charge in [0.15, 0.2) is 11.0 Å². The van der Waals surface area contributed by atoms with Gasteiger partial charge in [-0.25, -0.2) is 9.98 Å². The van der Waals surface area contributed by atoms with Gasteiger partial charge in [-0.15, -0.1) is 0 Å². The van der Waals surface area contributed by atoms with Gasteiger partial charge in [0, 0.05) is 13.2 Å². The molecule has 3 aromatic rings. The largest absolute Gasteiger partial charge is 0.489 e. The van der Waals surface area contributed by atoms with Gasteiger partial charge in [-0.1, -0.05) is 48.0 Å². The summed E-state index contributed by atoms with van der Waals surface area (Å²) in [5, 5.41) is 0.614. The fourth-order valence-electron chi connectivity index (χ4n) is 2.83. The van der Waals surface area contributed by atoms with Crippen molar-refractivity contribution in [2.45, 2.75) is 13.5 Å².